The normalized spacial score (nSPS) is 9.93. The van der Waals surface area contributed by atoms with Gasteiger partial charge in [-0.1, -0.05) is 12.2 Å². The van der Waals surface area contributed by atoms with Crippen LogP contribution in [0.4, 0.5) is 0 Å². The molecule has 0 rings (SSSR count). The lowest BCUT2D eigenvalue weighted by molar-refractivity contribution is 0.174. The summed E-state index contributed by atoms with van der Waals surface area (Å²) in [6.07, 6.45) is 2.72. The number of phosphoric ester groups is 1. The molecule has 2 N–H and O–H groups in total. The molecule has 0 saturated carbocycles. The SMILES string of the molecule is C=CCOP(=O)(O)OCC=C.CNC. The average Bonchev–Trinajstić information content (AvgIpc) is 2.13. The molecule has 0 aliphatic heterocycles. The summed E-state index contributed by atoms with van der Waals surface area (Å²) in [5.74, 6) is 0. The van der Waals surface area contributed by atoms with Gasteiger partial charge in [0.15, 0.2) is 0 Å². The monoisotopic (exact) mass is 223 g/mol. The summed E-state index contributed by atoms with van der Waals surface area (Å²) in [6.45, 7) is 6.60. The van der Waals surface area contributed by atoms with Crippen molar-refractivity contribution in [2.45, 2.75) is 0 Å². The topological polar surface area (TPSA) is 67.8 Å². The molecular formula is C8H18NO4P. The highest BCUT2D eigenvalue weighted by Gasteiger charge is 2.18. The molecule has 84 valence electrons. The summed E-state index contributed by atoms with van der Waals surface area (Å²) >= 11 is 0. The van der Waals surface area contributed by atoms with Crippen LogP contribution in [0, 0.1) is 0 Å². The minimum absolute atomic E-state index is 0.00901. The van der Waals surface area contributed by atoms with E-state index in [9.17, 15) is 4.57 Å². The van der Waals surface area contributed by atoms with Gasteiger partial charge in [-0.3, -0.25) is 9.05 Å². The van der Waals surface area contributed by atoms with Gasteiger partial charge in [-0.2, -0.15) is 0 Å². The zero-order valence-electron chi connectivity index (χ0n) is 8.60. The molecule has 0 aromatic heterocycles. The summed E-state index contributed by atoms with van der Waals surface area (Å²) < 4.78 is 19.6. The first kappa shape index (κ1) is 16.0. The van der Waals surface area contributed by atoms with Gasteiger partial charge < -0.3 is 10.2 Å². The fraction of sp³-hybridized carbons (Fsp3) is 0.500. The Morgan fingerprint density at radius 2 is 1.57 bits per heavy atom. The first-order chi connectivity index (χ1) is 6.54. The van der Waals surface area contributed by atoms with E-state index in [1.807, 2.05) is 14.1 Å². The van der Waals surface area contributed by atoms with Gasteiger partial charge in [-0.25, -0.2) is 4.57 Å². The molecule has 0 aromatic carbocycles. The summed E-state index contributed by atoms with van der Waals surface area (Å²) in [5.41, 5.74) is 0. The number of hydrogen-bond acceptors (Lipinski definition) is 4. The molecule has 0 fully saturated rings. The quantitative estimate of drug-likeness (QED) is 0.525. The van der Waals surface area contributed by atoms with E-state index < -0.39 is 7.82 Å². The van der Waals surface area contributed by atoms with Crippen molar-refractivity contribution in [1.29, 1.82) is 0 Å². The molecule has 0 radical (unpaired) electrons. The molecule has 0 heterocycles. The Hall–Kier alpha value is -0.450. The van der Waals surface area contributed by atoms with Crippen molar-refractivity contribution in [3.63, 3.8) is 0 Å². The highest BCUT2D eigenvalue weighted by atomic mass is 31.2. The molecule has 0 bridgehead atoms. The lowest BCUT2D eigenvalue weighted by atomic mass is 10.7. The minimum Gasteiger partial charge on any atom is -0.323 e. The van der Waals surface area contributed by atoms with Gasteiger partial charge >= 0.3 is 7.82 Å². The van der Waals surface area contributed by atoms with Crippen LogP contribution in [0.5, 0.6) is 0 Å². The Kier molecular flexibility index (Phi) is 12.1. The molecule has 0 aliphatic carbocycles. The Labute approximate surface area is 85.0 Å². The Bertz CT molecular complexity index is 180. The van der Waals surface area contributed by atoms with Crippen molar-refractivity contribution in [2.75, 3.05) is 27.3 Å². The van der Waals surface area contributed by atoms with Crippen LogP contribution >= 0.6 is 7.82 Å². The third kappa shape index (κ3) is 14.1. The molecule has 14 heavy (non-hydrogen) atoms. The second kappa shape index (κ2) is 10.6. The lowest BCUT2D eigenvalue weighted by Gasteiger charge is -2.08. The van der Waals surface area contributed by atoms with E-state index in [1.54, 1.807) is 0 Å². The van der Waals surface area contributed by atoms with Gasteiger partial charge in [-0.05, 0) is 14.1 Å². The van der Waals surface area contributed by atoms with Gasteiger partial charge in [0.2, 0.25) is 0 Å². The number of hydrogen-bond donors (Lipinski definition) is 2. The third-order valence-corrected chi connectivity index (χ3v) is 1.66. The van der Waals surface area contributed by atoms with Crippen LogP contribution in [0.1, 0.15) is 0 Å². The van der Waals surface area contributed by atoms with E-state index in [0.717, 1.165) is 0 Å². The van der Waals surface area contributed by atoms with E-state index in [0.29, 0.717) is 0 Å². The van der Waals surface area contributed by atoms with Gasteiger partial charge in [0.1, 0.15) is 0 Å². The minimum atomic E-state index is -3.87. The molecule has 0 aliphatic rings. The molecular weight excluding hydrogens is 205 g/mol. The summed E-state index contributed by atoms with van der Waals surface area (Å²) in [6, 6.07) is 0. The first-order valence-corrected chi connectivity index (χ1v) is 5.45. The standard InChI is InChI=1S/C6H11O4P.C2H7N/c1-3-5-9-11(7,8)10-6-4-2;1-3-2/h3-4H,1-2,5-6H2,(H,7,8);3H,1-2H3. The predicted molar refractivity (Wildman–Crippen MR) is 57.1 cm³/mol. The molecule has 0 saturated heterocycles. The Balaban J connectivity index is 0. The van der Waals surface area contributed by atoms with E-state index in [2.05, 4.69) is 27.5 Å². The van der Waals surface area contributed by atoms with Crippen molar-refractivity contribution >= 4 is 7.82 Å². The molecule has 0 aromatic rings. The zero-order chi connectivity index (χ0) is 11.4. The van der Waals surface area contributed by atoms with Gasteiger partial charge in [0, 0.05) is 0 Å². The van der Waals surface area contributed by atoms with E-state index >= 15 is 0 Å². The van der Waals surface area contributed by atoms with E-state index in [1.165, 1.54) is 12.2 Å². The van der Waals surface area contributed by atoms with Crippen LogP contribution < -0.4 is 5.32 Å². The summed E-state index contributed by atoms with van der Waals surface area (Å²) in [7, 11) is -0.118. The van der Waals surface area contributed by atoms with Crippen LogP contribution in [0.3, 0.4) is 0 Å². The highest BCUT2D eigenvalue weighted by molar-refractivity contribution is 7.47. The maximum absolute atomic E-state index is 10.7. The molecule has 0 amide bonds. The molecule has 5 nitrogen and oxygen atoms in total. The van der Waals surface area contributed by atoms with Crippen molar-refractivity contribution in [2.24, 2.45) is 0 Å². The van der Waals surface area contributed by atoms with Crippen LogP contribution in [0.15, 0.2) is 25.3 Å². The van der Waals surface area contributed by atoms with Gasteiger partial charge in [0.05, 0.1) is 13.2 Å². The second-order valence-corrected chi connectivity index (χ2v) is 3.59. The van der Waals surface area contributed by atoms with Crippen molar-refractivity contribution in [3.05, 3.63) is 25.3 Å². The second-order valence-electron chi connectivity index (χ2n) is 2.14. The van der Waals surface area contributed by atoms with E-state index in [4.69, 9.17) is 4.89 Å². The highest BCUT2D eigenvalue weighted by Crippen LogP contribution is 2.42. The molecule has 0 spiro atoms. The fourth-order valence-corrected chi connectivity index (χ4v) is 0.993. The average molecular weight is 223 g/mol. The third-order valence-electron chi connectivity index (χ3n) is 0.711. The van der Waals surface area contributed by atoms with Gasteiger partial charge in [-0.15, -0.1) is 13.2 Å². The molecule has 0 unspecified atom stereocenters. The summed E-state index contributed by atoms with van der Waals surface area (Å²) in [5, 5.41) is 2.75. The molecule has 0 atom stereocenters. The smallest absolute Gasteiger partial charge is 0.323 e. The first-order valence-electron chi connectivity index (χ1n) is 3.96. The van der Waals surface area contributed by atoms with Crippen LogP contribution in [0.2, 0.25) is 0 Å². The summed E-state index contributed by atoms with van der Waals surface area (Å²) in [4.78, 5) is 8.79. The van der Waals surface area contributed by atoms with Crippen molar-refractivity contribution < 1.29 is 18.5 Å². The number of nitrogens with one attached hydrogen (secondary N) is 1. The number of rotatable bonds is 6. The van der Waals surface area contributed by atoms with E-state index in [-0.39, 0.29) is 13.2 Å². The van der Waals surface area contributed by atoms with Crippen LogP contribution in [-0.4, -0.2) is 32.2 Å². The maximum Gasteiger partial charge on any atom is 0.472 e. The lowest BCUT2D eigenvalue weighted by Crippen LogP contribution is -1.94. The van der Waals surface area contributed by atoms with Crippen LogP contribution in [0.25, 0.3) is 0 Å². The van der Waals surface area contributed by atoms with Crippen molar-refractivity contribution in [1.82, 2.24) is 5.32 Å². The zero-order valence-corrected chi connectivity index (χ0v) is 9.50. The predicted octanol–water partition coefficient (Wildman–Crippen LogP) is 1.33. The largest absolute Gasteiger partial charge is 0.472 e. The van der Waals surface area contributed by atoms with Gasteiger partial charge in [0.25, 0.3) is 0 Å². The van der Waals surface area contributed by atoms with Crippen molar-refractivity contribution in [3.8, 4) is 0 Å². The maximum atomic E-state index is 10.7. The molecule has 6 heteroatoms. The van der Waals surface area contributed by atoms with Crippen LogP contribution in [-0.2, 0) is 13.6 Å². The number of phosphoric acid groups is 1. The Morgan fingerprint density at radius 1 is 1.29 bits per heavy atom. The Morgan fingerprint density at radius 3 is 1.79 bits per heavy atom. The fourth-order valence-electron chi connectivity index (χ4n) is 0.331.